The third-order valence-electron chi connectivity index (χ3n) is 3.60. The van der Waals surface area contributed by atoms with Gasteiger partial charge >= 0.3 is 0 Å². The molecule has 1 aromatic carbocycles. The lowest BCUT2D eigenvalue weighted by Crippen LogP contribution is -2.39. The van der Waals surface area contributed by atoms with Gasteiger partial charge in [-0.15, -0.1) is 0 Å². The summed E-state index contributed by atoms with van der Waals surface area (Å²) in [6.45, 7) is 0.678. The molecule has 3 rings (SSSR count). The highest BCUT2D eigenvalue weighted by atomic mass is 16.2. The summed E-state index contributed by atoms with van der Waals surface area (Å²) in [5.74, 6) is 0.0454. The quantitative estimate of drug-likeness (QED) is 0.895. The average Bonchev–Trinajstić information content (AvgIpc) is 2.65. The summed E-state index contributed by atoms with van der Waals surface area (Å²) < 4.78 is 0. The SMILES string of the molecule is O=C1Nc2ccccc2CCC1NCc1ccncc1. The van der Waals surface area contributed by atoms with Gasteiger partial charge in [-0.05, 0) is 42.2 Å². The van der Waals surface area contributed by atoms with E-state index >= 15 is 0 Å². The van der Waals surface area contributed by atoms with E-state index in [1.807, 2.05) is 30.3 Å². The zero-order valence-corrected chi connectivity index (χ0v) is 11.2. The second-order valence-electron chi connectivity index (χ2n) is 4.97. The monoisotopic (exact) mass is 267 g/mol. The largest absolute Gasteiger partial charge is 0.324 e. The van der Waals surface area contributed by atoms with Gasteiger partial charge in [-0.2, -0.15) is 0 Å². The number of amides is 1. The number of rotatable bonds is 3. The fourth-order valence-corrected chi connectivity index (χ4v) is 2.45. The van der Waals surface area contributed by atoms with Gasteiger partial charge in [0.15, 0.2) is 0 Å². The summed E-state index contributed by atoms with van der Waals surface area (Å²) in [6, 6.07) is 11.7. The van der Waals surface area contributed by atoms with E-state index in [9.17, 15) is 4.79 Å². The van der Waals surface area contributed by atoms with Gasteiger partial charge in [0.25, 0.3) is 0 Å². The number of benzene rings is 1. The predicted molar refractivity (Wildman–Crippen MR) is 78.3 cm³/mol. The molecule has 2 N–H and O–H groups in total. The second kappa shape index (κ2) is 5.84. The number of hydrogen-bond donors (Lipinski definition) is 2. The Hall–Kier alpha value is -2.20. The topological polar surface area (TPSA) is 54.0 Å². The molecule has 1 amide bonds. The summed E-state index contributed by atoms with van der Waals surface area (Å²) in [6.07, 6.45) is 5.25. The molecule has 0 saturated heterocycles. The number of fused-ring (bicyclic) bond motifs is 1. The molecule has 0 spiro atoms. The molecule has 1 atom stereocenters. The van der Waals surface area contributed by atoms with Crippen molar-refractivity contribution >= 4 is 11.6 Å². The molecule has 0 radical (unpaired) electrons. The van der Waals surface area contributed by atoms with E-state index in [2.05, 4.69) is 21.7 Å². The van der Waals surface area contributed by atoms with E-state index in [4.69, 9.17) is 0 Å². The van der Waals surface area contributed by atoms with Gasteiger partial charge in [0.2, 0.25) is 5.91 Å². The third kappa shape index (κ3) is 2.86. The van der Waals surface area contributed by atoms with Crippen LogP contribution >= 0.6 is 0 Å². The molecule has 1 aliphatic heterocycles. The van der Waals surface area contributed by atoms with Crippen molar-refractivity contribution in [2.75, 3.05) is 5.32 Å². The molecule has 102 valence electrons. The van der Waals surface area contributed by atoms with Crippen LogP contribution in [0.3, 0.4) is 0 Å². The number of carbonyl (C=O) groups excluding carboxylic acids is 1. The van der Waals surface area contributed by atoms with Gasteiger partial charge in [-0.3, -0.25) is 9.78 Å². The predicted octanol–water partition coefficient (Wildman–Crippen LogP) is 2.12. The number of nitrogens with zero attached hydrogens (tertiary/aromatic N) is 1. The molecule has 4 nitrogen and oxygen atoms in total. The molecular weight excluding hydrogens is 250 g/mol. The fraction of sp³-hybridized carbons (Fsp3) is 0.250. The first-order valence-electron chi connectivity index (χ1n) is 6.84. The maximum atomic E-state index is 12.2. The standard InChI is InChI=1S/C16H17N3O/c20-16-15(18-11-12-7-9-17-10-8-12)6-5-13-3-1-2-4-14(13)19-16/h1-4,7-10,15,18H,5-6,11H2,(H,19,20). The lowest BCUT2D eigenvalue weighted by molar-refractivity contribution is -0.118. The first-order chi connectivity index (χ1) is 9.83. The molecule has 0 fully saturated rings. The van der Waals surface area contributed by atoms with Crippen LogP contribution in [0.15, 0.2) is 48.8 Å². The van der Waals surface area contributed by atoms with Gasteiger partial charge in [-0.25, -0.2) is 0 Å². The number of anilines is 1. The molecule has 2 aromatic rings. The second-order valence-corrected chi connectivity index (χ2v) is 4.97. The number of nitrogens with one attached hydrogen (secondary N) is 2. The molecule has 1 aromatic heterocycles. The molecule has 0 bridgehead atoms. The van der Waals surface area contributed by atoms with E-state index in [0.717, 1.165) is 24.1 Å². The van der Waals surface area contributed by atoms with Gasteiger partial charge in [-0.1, -0.05) is 18.2 Å². The molecule has 20 heavy (non-hydrogen) atoms. The Morgan fingerprint density at radius 2 is 2.00 bits per heavy atom. The number of para-hydroxylation sites is 1. The van der Waals surface area contributed by atoms with Gasteiger partial charge < -0.3 is 10.6 Å². The fourth-order valence-electron chi connectivity index (χ4n) is 2.45. The van der Waals surface area contributed by atoms with E-state index in [-0.39, 0.29) is 11.9 Å². The molecule has 4 heteroatoms. The average molecular weight is 267 g/mol. The lowest BCUT2D eigenvalue weighted by Gasteiger charge is -2.15. The summed E-state index contributed by atoms with van der Waals surface area (Å²) >= 11 is 0. The highest BCUT2D eigenvalue weighted by Crippen LogP contribution is 2.21. The van der Waals surface area contributed by atoms with Crippen molar-refractivity contribution in [1.29, 1.82) is 0 Å². The number of hydrogen-bond acceptors (Lipinski definition) is 3. The van der Waals surface area contributed by atoms with Gasteiger partial charge in [0, 0.05) is 24.6 Å². The van der Waals surface area contributed by atoms with Crippen molar-refractivity contribution in [3.63, 3.8) is 0 Å². The zero-order valence-electron chi connectivity index (χ0n) is 11.2. The van der Waals surface area contributed by atoms with E-state index in [1.54, 1.807) is 12.4 Å². The lowest BCUT2D eigenvalue weighted by atomic mass is 10.1. The number of aryl methyl sites for hydroxylation is 1. The van der Waals surface area contributed by atoms with Crippen molar-refractivity contribution in [3.05, 3.63) is 59.9 Å². The van der Waals surface area contributed by atoms with Crippen LogP contribution in [0, 0.1) is 0 Å². The number of carbonyl (C=O) groups is 1. The van der Waals surface area contributed by atoms with Crippen LogP contribution in [0.25, 0.3) is 0 Å². The minimum absolute atomic E-state index is 0.0454. The van der Waals surface area contributed by atoms with Crippen LogP contribution in [-0.2, 0) is 17.8 Å². The molecular formula is C16H17N3O. The Labute approximate surface area is 118 Å². The maximum absolute atomic E-state index is 12.2. The van der Waals surface area contributed by atoms with Crippen LogP contribution in [0.2, 0.25) is 0 Å². The Kier molecular flexibility index (Phi) is 3.74. The summed E-state index contributed by atoms with van der Waals surface area (Å²) in [7, 11) is 0. The highest BCUT2D eigenvalue weighted by Gasteiger charge is 2.22. The molecule has 2 heterocycles. The van der Waals surface area contributed by atoms with Crippen LogP contribution in [0.5, 0.6) is 0 Å². The van der Waals surface area contributed by atoms with Crippen molar-refractivity contribution in [1.82, 2.24) is 10.3 Å². The Balaban J connectivity index is 1.66. The first-order valence-corrected chi connectivity index (χ1v) is 6.84. The van der Waals surface area contributed by atoms with Gasteiger partial charge in [0.1, 0.15) is 0 Å². The minimum Gasteiger partial charge on any atom is -0.324 e. The molecule has 0 aliphatic carbocycles. The normalized spacial score (nSPS) is 18.0. The Morgan fingerprint density at radius 3 is 2.85 bits per heavy atom. The van der Waals surface area contributed by atoms with E-state index in [1.165, 1.54) is 5.56 Å². The summed E-state index contributed by atoms with van der Waals surface area (Å²) in [5.41, 5.74) is 3.27. The number of aromatic nitrogens is 1. The van der Waals surface area contributed by atoms with Crippen molar-refractivity contribution in [3.8, 4) is 0 Å². The van der Waals surface area contributed by atoms with E-state index in [0.29, 0.717) is 6.54 Å². The van der Waals surface area contributed by atoms with Crippen molar-refractivity contribution < 1.29 is 4.79 Å². The first kappa shape index (κ1) is 12.8. The molecule has 1 aliphatic rings. The Morgan fingerprint density at radius 1 is 1.20 bits per heavy atom. The van der Waals surface area contributed by atoms with Crippen molar-refractivity contribution in [2.45, 2.75) is 25.4 Å². The summed E-state index contributed by atoms with van der Waals surface area (Å²) in [5, 5.41) is 6.32. The molecule has 1 unspecified atom stereocenters. The van der Waals surface area contributed by atoms with E-state index < -0.39 is 0 Å². The van der Waals surface area contributed by atoms with Crippen LogP contribution in [0.4, 0.5) is 5.69 Å². The smallest absolute Gasteiger partial charge is 0.241 e. The molecule has 0 saturated carbocycles. The van der Waals surface area contributed by atoms with Crippen LogP contribution < -0.4 is 10.6 Å². The summed E-state index contributed by atoms with van der Waals surface area (Å²) in [4.78, 5) is 16.2. The van der Waals surface area contributed by atoms with Gasteiger partial charge in [0.05, 0.1) is 6.04 Å². The van der Waals surface area contributed by atoms with Crippen LogP contribution in [0.1, 0.15) is 17.5 Å². The minimum atomic E-state index is -0.157. The van der Waals surface area contributed by atoms with Crippen molar-refractivity contribution in [2.24, 2.45) is 0 Å². The highest BCUT2D eigenvalue weighted by molar-refractivity contribution is 5.96. The maximum Gasteiger partial charge on any atom is 0.241 e. The third-order valence-corrected chi connectivity index (χ3v) is 3.60. The zero-order chi connectivity index (χ0) is 13.8. The van der Waals surface area contributed by atoms with Crippen LogP contribution in [-0.4, -0.2) is 16.9 Å². The Bertz CT molecular complexity index is 598. The number of pyridine rings is 1.